The van der Waals surface area contributed by atoms with Gasteiger partial charge in [0.25, 0.3) is 0 Å². The SMILES string of the molecule is Cc1c(-c2[nH]cc(-c3ccccc3Cl)c2COC2CC2)cnn1CCC(C)(C)O. The summed E-state index contributed by atoms with van der Waals surface area (Å²) in [6.07, 6.45) is 7.18. The van der Waals surface area contributed by atoms with Crippen LogP contribution in [0.25, 0.3) is 22.4 Å². The van der Waals surface area contributed by atoms with Crippen molar-refractivity contribution in [3.05, 3.63) is 52.9 Å². The van der Waals surface area contributed by atoms with E-state index in [0.717, 1.165) is 51.5 Å². The van der Waals surface area contributed by atoms with Crippen LogP contribution in [-0.2, 0) is 17.9 Å². The van der Waals surface area contributed by atoms with Gasteiger partial charge in [0.2, 0.25) is 0 Å². The van der Waals surface area contributed by atoms with E-state index in [2.05, 4.69) is 17.0 Å². The van der Waals surface area contributed by atoms with Crippen LogP contribution in [0.3, 0.4) is 0 Å². The molecule has 0 amide bonds. The van der Waals surface area contributed by atoms with E-state index < -0.39 is 5.60 Å². The van der Waals surface area contributed by atoms with E-state index in [1.165, 1.54) is 0 Å². The number of aliphatic hydroxyl groups is 1. The average molecular weight is 414 g/mol. The molecule has 1 aromatic carbocycles. The molecule has 1 aliphatic carbocycles. The zero-order chi connectivity index (χ0) is 20.6. The third-order valence-electron chi connectivity index (χ3n) is 5.45. The lowest BCUT2D eigenvalue weighted by Gasteiger charge is -2.17. The van der Waals surface area contributed by atoms with E-state index in [-0.39, 0.29) is 0 Å². The number of aromatic amines is 1. The van der Waals surface area contributed by atoms with Crippen LogP contribution in [0.4, 0.5) is 0 Å². The van der Waals surface area contributed by atoms with Crippen LogP contribution in [0.1, 0.15) is 44.4 Å². The van der Waals surface area contributed by atoms with Crippen LogP contribution in [0.15, 0.2) is 36.7 Å². The molecule has 29 heavy (non-hydrogen) atoms. The Morgan fingerprint density at radius 1 is 1.24 bits per heavy atom. The summed E-state index contributed by atoms with van der Waals surface area (Å²) in [7, 11) is 0. The minimum absolute atomic E-state index is 0.368. The minimum atomic E-state index is -0.717. The van der Waals surface area contributed by atoms with Gasteiger partial charge in [-0.2, -0.15) is 5.10 Å². The lowest BCUT2D eigenvalue weighted by molar-refractivity contribution is 0.0649. The molecular formula is C23H28ClN3O2. The second kappa shape index (κ2) is 7.98. The molecule has 0 bridgehead atoms. The largest absolute Gasteiger partial charge is 0.390 e. The Hall–Kier alpha value is -2.08. The number of aromatic nitrogens is 3. The number of nitrogens with one attached hydrogen (secondary N) is 1. The minimum Gasteiger partial charge on any atom is -0.390 e. The molecule has 1 saturated carbocycles. The van der Waals surface area contributed by atoms with Gasteiger partial charge in [-0.25, -0.2) is 0 Å². The number of halogens is 1. The molecule has 0 spiro atoms. The summed E-state index contributed by atoms with van der Waals surface area (Å²) in [5.41, 5.74) is 5.59. The van der Waals surface area contributed by atoms with Crippen molar-refractivity contribution in [3.63, 3.8) is 0 Å². The van der Waals surface area contributed by atoms with Crippen molar-refractivity contribution < 1.29 is 9.84 Å². The number of H-pyrrole nitrogens is 1. The van der Waals surface area contributed by atoms with Crippen molar-refractivity contribution >= 4 is 11.6 Å². The summed E-state index contributed by atoms with van der Waals surface area (Å²) in [4.78, 5) is 3.45. The van der Waals surface area contributed by atoms with Gasteiger partial charge in [-0.15, -0.1) is 0 Å². The summed E-state index contributed by atoms with van der Waals surface area (Å²) in [5, 5.41) is 15.3. The van der Waals surface area contributed by atoms with Gasteiger partial charge in [0.05, 0.1) is 30.2 Å². The maximum atomic E-state index is 10.0. The molecule has 0 aliphatic heterocycles. The fourth-order valence-electron chi connectivity index (χ4n) is 3.50. The predicted octanol–water partition coefficient (Wildman–Crippen LogP) is 5.35. The molecule has 2 heterocycles. The fraction of sp³-hybridized carbons (Fsp3) is 0.435. The smallest absolute Gasteiger partial charge is 0.0747 e. The first-order valence-electron chi connectivity index (χ1n) is 10.2. The van der Waals surface area contributed by atoms with E-state index in [1.54, 1.807) is 0 Å². The van der Waals surface area contributed by atoms with Crippen LogP contribution in [0, 0.1) is 6.92 Å². The third-order valence-corrected chi connectivity index (χ3v) is 5.78. The average Bonchev–Trinajstić information content (AvgIpc) is 3.30. The van der Waals surface area contributed by atoms with E-state index in [9.17, 15) is 5.11 Å². The van der Waals surface area contributed by atoms with Crippen molar-refractivity contribution in [1.82, 2.24) is 14.8 Å². The predicted molar refractivity (Wildman–Crippen MR) is 116 cm³/mol. The van der Waals surface area contributed by atoms with Crippen LogP contribution < -0.4 is 0 Å². The maximum absolute atomic E-state index is 10.0. The molecule has 2 aromatic heterocycles. The van der Waals surface area contributed by atoms with Gasteiger partial charge in [0.15, 0.2) is 0 Å². The molecule has 1 fully saturated rings. The first-order chi connectivity index (χ1) is 13.8. The van der Waals surface area contributed by atoms with Crippen LogP contribution in [-0.4, -0.2) is 31.6 Å². The molecule has 3 aromatic rings. The van der Waals surface area contributed by atoms with Crippen LogP contribution in [0.2, 0.25) is 5.02 Å². The number of nitrogens with zero attached hydrogens (tertiary/aromatic N) is 2. The molecule has 1 aliphatic rings. The number of benzene rings is 1. The summed E-state index contributed by atoms with van der Waals surface area (Å²) in [6, 6.07) is 7.89. The lowest BCUT2D eigenvalue weighted by Crippen LogP contribution is -2.21. The van der Waals surface area contributed by atoms with Crippen molar-refractivity contribution in [2.24, 2.45) is 0 Å². The molecule has 4 rings (SSSR count). The zero-order valence-corrected chi connectivity index (χ0v) is 18.0. The van der Waals surface area contributed by atoms with Crippen molar-refractivity contribution in [2.75, 3.05) is 0 Å². The van der Waals surface area contributed by atoms with Gasteiger partial charge in [0.1, 0.15) is 0 Å². The Kier molecular flexibility index (Phi) is 5.56. The number of ether oxygens (including phenoxy) is 1. The van der Waals surface area contributed by atoms with Crippen molar-refractivity contribution in [1.29, 1.82) is 0 Å². The van der Waals surface area contributed by atoms with Crippen LogP contribution >= 0.6 is 11.6 Å². The third kappa shape index (κ3) is 4.58. The summed E-state index contributed by atoms with van der Waals surface area (Å²) >= 11 is 6.49. The molecule has 6 heteroatoms. The highest BCUT2D eigenvalue weighted by atomic mass is 35.5. The molecule has 154 valence electrons. The monoisotopic (exact) mass is 413 g/mol. The summed E-state index contributed by atoms with van der Waals surface area (Å²) in [5.74, 6) is 0. The highest BCUT2D eigenvalue weighted by molar-refractivity contribution is 6.33. The molecule has 2 N–H and O–H groups in total. The van der Waals surface area contributed by atoms with Crippen molar-refractivity contribution in [3.8, 4) is 22.4 Å². The topological polar surface area (TPSA) is 63.1 Å². The number of aryl methyl sites for hydroxylation is 1. The van der Waals surface area contributed by atoms with Gasteiger partial charge < -0.3 is 14.8 Å². The van der Waals surface area contributed by atoms with E-state index in [0.29, 0.717) is 25.7 Å². The highest BCUT2D eigenvalue weighted by Crippen LogP contribution is 2.38. The molecular weight excluding hydrogens is 386 g/mol. The second-order valence-electron chi connectivity index (χ2n) is 8.48. The highest BCUT2D eigenvalue weighted by Gasteiger charge is 2.25. The quantitative estimate of drug-likeness (QED) is 0.523. The van der Waals surface area contributed by atoms with Gasteiger partial charge in [-0.05, 0) is 46.1 Å². The van der Waals surface area contributed by atoms with Gasteiger partial charge in [-0.3, -0.25) is 4.68 Å². The summed E-state index contributed by atoms with van der Waals surface area (Å²) < 4.78 is 8.03. The first-order valence-corrected chi connectivity index (χ1v) is 10.5. The number of hydrogen-bond acceptors (Lipinski definition) is 3. The standard InChI is InChI=1S/C23H28ClN3O2/c1-15-18(13-26-27(15)11-10-23(2,3)28)22-20(14-29-16-8-9-16)19(12-25-22)17-6-4-5-7-21(17)24/h4-7,12-13,16,25,28H,8-11,14H2,1-3H3. The Labute approximate surface area is 176 Å². The maximum Gasteiger partial charge on any atom is 0.0747 e. The normalized spacial score (nSPS) is 14.5. The van der Waals surface area contributed by atoms with Gasteiger partial charge >= 0.3 is 0 Å². The zero-order valence-electron chi connectivity index (χ0n) is 17.2. The van der Waals surface area contributed by atoms with E-state index >= 15 is 0 Å². The second-order valence-corrected chi connectivity index (χ2v) is 8.88. The Bertz CT molecular complexity index is 996. The van der Waals surface area contributed by atoms with Crippen LogP contribution in [0.5, 0.6) is 0 Å². The fourth-order valence-corrected chi connectivity index (χ4v) is 3.73. The number of rotatable bonds is 8. The lowest BCUT2D eigenvalue weighted by atomic mass is 10.0. The number of hydrogen-bond donors (Lipinski definition) is 2. The molecule has 0 unspecified atom stereocenters. The van der Waals surface area contributed by atoms with Gasteiger partial charge in [0, 0.05) is 45.7 Å². The Balaban J connectivity index is 1.70. The molecule has 0 radical (unpaired) electrons. The molecule has 5 nitrogen and oxygen atoms in total. The van der Waals surface area contributed by atoms with E-state index in [1.807, 2.05) is 55.2 Å². The Morgan fingerprint density at radius 2 is 2.00 bits per heavy atom. The summed E-state index contributed by atoms with van der Waals surface area (Å²) in [6.45, 7) is 6.91. The molecule has 0 atom stereocenters. The Morgan fingerprint density at radius 3 is 2.69 bits per heavy atom. The van der Waals surface area contributed by atoms with E-state index in [4.69, 9.17) is 16.3 Å². The first kappa shape index (κ1) is 20.2. The van der Waals surface area contributed by atoms with Crippen molar-refractivity contribution in [2.45, 2.75) is 64.9 Å². The molecule has 0 saturated heterocycles. The van der Waals surface area contributed by atoms with Gasteiger partial charge in [-0.1, -0.05) is 29.8 Å².